The third-order valence-corrected chi connectivity index (χ3v) is 4.76. The Morgan fingerprint density at radius 2 is 2.09 bits per heavy atom. The Balaban J connectivity index is 1.79. The van der Waals surface area contributed by atoms with Crippen molar-refractivity contribution < 1.29 is 9.59 Å². The third kappa shape index (κ3) is 4.16. The summed E-state index contributed by atoms with van der Waals surface area (Å²) in [5.74, 6) is 1.31. The predicted octanol–water partition coefficient (Wildman–Crippen LogP) is 1.55. The summed E-state index contributed by atoms with van der Waals surface area (Å²) in [6.07, 6.45) is 0.446. The van der Waals surface area contributed by atoms with Gasteiger partial charge in [0.05, 0.1) is 5.88 Å². The second-order valence-corrected chi connectivity index (χ2v) is 6.28. The minimum atomic E-state index is -0.320. The van der Waals surface area contributed by atoms with Crippen molar-refractivity contribution in [1.29, 1.82) is 0 Å². The van der Waals surface area contributed by atoms with Crippen molar-refractivity contribution >= 4 is 29.3 Å². The van der Waals surface area contributed by atoms with E-state index >= 15 is 0 Å². The van der Waals surface area contributed by atoms with Crippen LogP contribution >= 0.6 is 11.8 Å². The van der Waals surface area contributed by atoms with E-state index in [0.29, 0.717) is 24.6 Å². The normalized spacial score (nSPS) is 17.4. The van der Waals surface area contributed by atoms with Gasteiger partial charge in [-0.3, -0.25) is 9.59 Å². The zero-order chi connectivity index (χ0) is 15.9. The average molecular weight is 321 g/mol. The van der Waals surface area contributed by atoms with E-state index in [0.717, 1.165) is 12.2 Å². The summed E-state index contributed by atoms with van der Waals surface area (Å²) >= 11 is 1.63. The summed E-state index contributed by atoms with van der Waals surface area (Å²) in [7, 11) is 2.00. The number of carbonyl (C=O) groups excluding carboxylic acids is 2. The molecule has 0 unspecified atom stereocenters. The van der Waals surface area contributed by atoms with Crippen LogP contribution in [0, 0.1) is 0 Å². The Labute approximate surface area is 136 Å². The minimum absolute atomic E-state index is 0.0477. The van der Waals surface area contributed by atoms with Gasteiger partial charge in [-0.15, -0.1) is 11.8 Å². The lowest BCUT2D eigenvalue weighted by Crippen LogP contribution is -2.48. The predicted molar refractivity (Wildman–Crippen MR) is 91.0 cm³/mol. The highest BCUT2D eigenvalue weighted by atomic mass is 32.2. The summed E-state index contributed by atoms with van der Waals surface area (Å²) in [6.45, 7) is 3.13. The second kappa shape index (κ2) is 8.08. The number of amides is 2. The van der Waals surface area contributed by atoms with Crippen molar-refractivity contribution in [3.8, 4) is 0 Å². The van der Waals surface area contributed by atoms with Crippen molar-refractivity contribution in [1.82, 2.24) is 10.2 Å². The van der Waals surface area contributed by atoms with Gasteiger partial charge >= 0.3 is 0 Å². The number of nitrogens with zero attached hydrogens (tertiary/aromatic N) is 2. The van der Waals surface area contributed by atoms with E-state index in [1.54, 1.807) is 16.7 Å². The van der Waals surface area contributed by atoms with E-state index in [-0.39, 0.29) is 17.9 Å². The Bertz CT molecular complexity index is 509. The highest BCUT2D eigenvalue weighted by Crippen LogP contribution is 2.21. The molecule has 0 aliphatic carbocycles. The van der Waals surface area contributed by atoms with Crippen LogP contribution in [0.1, 0.15) is 13.3 Å². The first-order chi connectivity index (χ1) is 10.6. The zero-order valence-corrected chi connectivity index (χ0v) is 13.9. The molecule has 1 aromatic carbocycles. The molecule has 22 heavy (non-hydrogen) atoms. The van der Waals surface area contributed by atoms with Crippen LogP contribution < -0.4 is 10.2 Å². The molecule has 5 nitrogen and oxygen atoms in total. The molecular weight excluding hydrogens is 298 g/mol. The van der Waals surface area contributed by atoms with Gasteiger partial charge in [-0.1, -0.05) is 25.1 Å². The van der Waals surface area contributed by atoms with Crippen molar-refractivity contribution in [3.63, 3.8) is 0 Å². The van der Waals surface area contributed by atoms with Crippen molar-refractivity contribution in [2.45, 2.75) is 19.4 Å². The highest BCUT2D eigenvalue weighted by molar-refractivity contribution is 7.99. The molecule has 2 amide bonds. The highest BCUT2D eigenvalue weighted by Gasteiger charge is 2.33. The molecule has 6 heteroatoms. The van der Waals surface area contributed by atoms with E-state index < -0.39 is 0 Å². The van der Waals surface area contributed by atoms with E-state index in [2.05, 4.69) is 10.2 Å². The van der Waals surface area contributed by atoms with Crippen LogP contribution in [-0.2, 0) is 9.59 Å². The van der Waals surface area contributed by atoms with Crippen LogP contribution in [0.3, 0.4) is 0 Å². The van der Waals surface area contributed by atoms with E-state index in [1.807, 2.05) is 44.3 Å². The van der Waals surface area contributed by atoms with Crippen LogP contribution in [0.2, 0.25) is 0 Å². The first kappa shape index (κ1) is 16.7. The molecule has 1 aliphatic heterocycles. The van der Waals surface area contributed by atoms with Gasteiger partial charge < -0.3 is 15.1 Å². The van der Waals surface area contributed by atoms with Gasteiger partial charge in [0.1, 0.15) is 6.04 Å². The maximum atomic E-state index is 12.3. The smallest absolute Gasteiger partial charge is 0.243 e. The van der Waals surface area contributed by atoms with Crippen molar-refractivity contribution in [3.05, 3.63) is 30.3 Å². The topological polar surface area (TPSA) is 52.7 Å². The van der Waals surface area contributed by atoms with Crippen LogP contribution in [0.4, 0.5) is 5.69 Å². The summed E-state index contributed by atoms with van der Waals surface area (Å²) < 4.78 is 0. The van der Waals surface area contributed by atoms with Gasteiger partial charge in [-0.2, -0.15) is 0 Å². The van der Waals surface area contributed by atoms with Gasteiger partial charge in [0, 0.05) is 38.0 Å². The number of hydrogen-bond donors (Lipinski definition) is 1. The van der Waals surface area contributed by atoms with Crippen LogP contribution in [0.15, 0.2) is 30.3 Å². The monoisotopic (exact) mass is 321 g/mol. The first-order valence-electron chi connectivity index (χ1n) is 7.54. The Hall–Kier alpha value is -1.69. The number of thioether (sulfide) groups is 1. The number of carbonyl (C=O) groups is 2. The van der Waals surface area contributed by atoms with Gasteiger partial charge in [-0.25, -0.2) is 0 Å². The molecule has 0 aromatic heterocycles. The SMILES string of the molecule is CCC(=O)N1CSC[C@@H]1C(=O)NCCN(C)c1ccccc1. The van der Waals surface area contributed by atoms with E-state index in [1.165, 1.54) is 0 Å². The fourth-order valence-corrected chi connectivity index (χ4v) is 3.57. The molecule has 0 saturated carbocycles. The molecular formula is C16H23N3O2S. The molecule has 1 aliphatic rings. The first-order valence-corrected chi connectivity index (χ1v) is 8.70. The molecule has 0 spiro atoms. The fourth-order valence-electron chi connectivity index (χ4n) is 2.38. The molecule has 120 valence electrons. The van der Waals surface area contributed by atoms with Gasteiger partial charge in [0.15, 0.2) is 0 Å². The molecule has 1 saturated heterocycles. The quantitative estimate of drug-likeness (QED) is 0.864. The van der Waals surface area contributed by atoms with Crippen molar-refractivity contribution in [2.24, 2.45) is 0 Å². The lowest BCUT2D eigenvalue weighted by Gasteiger charge is -2.24. The summed E-state index contributed by atoms with van der Waals surface area (Å²) in [4.78, 5) is 27.9. The van der Waals surface area contributed by atoms with E-state index in [9.17, 15) is 9.59 Å². The number of hydrogen-bond acceptors (Lipinski definition) is 4. The van der Waals surface area contributed by atoms with Gasteiger partial charge in [0.2, 0.25) is 11.8 Å². The minimum Gasteiger partial charge on any atom is -0.373 e. The largest absolute Gasteiger partial charge is 0.373 e. The Kier molecular flexibility index (Phi) is 6.12. The number of para-hydroxylation sites is 1. The standard InChI is InChI=1S/C16H23N3O2S/c1-3-15(20)19-12-22-11-14(19)16(21)17-9-10-18(2)13-7-5-4-6-8-13/h4-8,14H,3,9-12H2,1-2H3,(H,17,21)/t14-/m1/s1. The maximum absolute atomic E-state index is 12.3. The Morgan fingerprint density at radius 1 is 1.36 bits per heavy atom. The number of rotatable bonds is 6. The Morgan fingerprint density at radius 3 is 2.77 bits per heavy atom. The fraction of sp³-hybridized carbons (Fsp3) is 0.500. The summed E-state index contributed by atoms with van der Waals surface area (Å²) in [6, 6.07) is 9.73. The summed E-state index contributed by atoms with van der Waals surface area (Å²) in [5, 5.41) is 2.95. The molecule has 1 atom stereocenters. The number of nitrogens with one attached hydrogen (secondary N) is 1. The molecule has 0 radical (unpaired) electrons. The molecule has 2 rings (SSSR count). The molecule has 1 aromatic rings. The number of benzene rings is 1. The van der Waals surface area contributed by atoms with Gasteiger partial charge in [0.25, 0.3) is 0 Å². The number of anilines is 1. The molecule has 1 N–H and O–H groups in total. The molecule has 1 heterocycles. The van der Waals surface area contributed by atoms with Gasteiger partial charge in [-0.05, 0) is 12.1 Å². The third-order valence-electron chi connectivity index (χ3n) is 3.75. The second-order valence-electron chi connectivity index (χ2n) is 5.28. The zero-order valence-electron chi connectivity index (χ0n) is 13.1. The average Bonchev–Trinajstić information content (AvgIpc) is 3.04. The number of likely N-dealkylation sites (N-methyl/N-ethyl adjacent to an activating group) is 1. The lowest BCUT2D eigenvalue weighted by atomic mass is 10.2. The van der Waals surface area contributed by atoms with Crippen molar-refractivity contribution in [2.75, 3.05) is 36.7 Å². The van der Waals surface area contributed by atoms with Crippen LogP contribution in [0.5, 0.6) is 0 Å². The maximum Gasteiger partial charge on any atom is 0.243 e. The summed E-state index contributed by atoms with van der Waals surface area (Å²) in [5.41, 5.74) is 1.12. The lowest BCUT2D eigenvalue weighted by molar-refractivity contribution is -0.137. The van der Waals surface area contributed by atoms with Crippen LogP contribution in [-0.4, -0.2) is 54.5 Å². The molecule has 1 fully saturated rings. The molecule has 0 bridgehead atoms. The van der Waals surface area contributed by atoms with Crippen LogP contribution in [0.25, 0.3) is 0 Å². The van der Waals surface area contributed by atoms with E-state index in [4.69, 9.17) is 0 Å².